The molecule has 130 valence electrons. The van der Waals surface area contributed by atoms with Crippen molar-refractivity contribution in [1.82, 2.24) is 5.32 Å². The van der Waals surface area contributed by atoms with Crippen molar-refractivity contribution < 1.29 is 4.79 Å². The SMILES string of the molecule is O=C(Nc1cccc2c1CCCC2)N[C@@H]1CC[C@H](c2ccccc2)C1. The van der Waals surface area contributed by atoms with E-state index in [1.807, 2.05) is 6.07 Å². The standard InChI is InChI=1S/C22H26N2O/c25-22(24-21-12-6-10-17-9-4-5-11-20(17)21)23-19-14-13-18(15-19)16-7-2-1-3-8-16/h1-3,6-8,10,12,18-19H,4-5,9,11,13-15H2,(H2,23,24,25)/t18-,19+/m0/s1. The van der Waals surface area contributed by atoms with Gasteiger partial charge in [0, 0.05) is 11.7 Å². The van der Waals surface area contributed by atoms with Gasteiger partial charge in [0.2, 0.25) is 0 Å². The first kappa shape index (κ1) is 16.2. The Morgan fingerprint density at radius 2 is 1.76 bits per heavy atom. The number of fused-ring (bicyclic) bond motifs is 1. The maximum Gasteiger partial charge on any atom is 0.319 e. The molecule has 0 aromatic heterocycles. The van der Waals surface area contributed by atoms with Gasteiger partial charge in [0.1, 0.15) is 0 Å². The molecule has 0 unspecified atom stereocenters. The normalized spacial score (nSPS) is 22.2. The van der Waals surface area contributed by atoms with Crippen LogP contribution in [0.1, 0.15) is 54.7 Å². The van der Waals surface area contributed by atoms with Crippen LogP contribution >= 0.6 is 0 Å². The fraction of sp³-hybridized carbons (Fsp3) is 0.409. The first-order valence-corrected chi connectivity index (χ1v) is 9.53. The summed E-state index contributed by atoms with van der Waals surface area (Å²) in [6.07, 6.45) is 7.92. The molecule has 2 atom stereocenters. The molecule has 25 heavy (non-hydrogen) atoms. The lowest BCUT2D eigenvalue weighted by Gasteiger charge is -2.20. The Kier molecular flexibility index (Phi) is 4.73. The number of hydrogen-bond donors (Lipinski definition) is 2. The lowest BCUT2D eigenvalue weighted by atomic mass is 9.90. The fourth-order valence-electron chi connectivity index (χ4n) is 4.38. The molecule has 2 aliphatic rings. The summed E-state index contributed by atoms with van der Waals surface area (Å²) < 4.78 is 0. The number of carbonyl (C=O) groups is 1. The van der Waals surface area contributed by atoms with Gasteiger partial charge in [-0.1, -0.05) is 42.5 Å². The maximum absolute atomic E-state index is 12.5. The molecule has 0 heterocycles. The van der Waals surface area contributed by atoms with Crippen LogP contribution in [-0.4, -0.2) is 12.1 Å². The topological polar surface area (TPSA) is 41.1 Å². The Bertz CT molecular complexity index is 741. The van der Waals surface area contributed by atoms with Gasteiger partial charge in [0.05, 0.1) is 0 Å². The third-order valence-electron chi connectivity index (χ3n) is 5.68. The Labute approximate surface area is 149 Å². The second-order valence-electron chi connectivity index (χ2n) is 7.37. The molecule has 0 radical (unpaired) electrons. The summed E-state index contributed by atoms with van der Waals surface area (Å²) in [5.74, 6) is 0.566. The van der Waals surface area contributed by atoms with Gasteiger partial charge in [-0.2, -0.15) is 0 Å². The summed E-state index contributed by atoms with van der Waals surface area (Å²) in [6, 6.07) is 17.1. The zero-order valence-electron chi connectivity index (χ0n) is 14.6. The molecular formula is C22H26N2O. The fourth-order valence-corrected chi connectivity index (χ4v) is 4.38. The summed E-state index contributed by atoms with van der Waals surface area (Å²) in [5, 5.41) is 6.29. The zero-order valence-corrected chi connectivity index (χ0v) is 14.6. The van der Waals surface area contributed by atoms with Crippen molar-refractivity contribution in [2.45, 2.75) is 56.9 Å². The van der Waals surface area contributed by atoms with Crippen LogP contribution in [0.25, 0.3) is 0 Å². The van der Waals surface area contributed by atoms with Crippen LogP contribution < -0.4 is 10.6 Å². The third-order valence-corrected chi connectivity index (χ3v) is 5.68. The molecule has 0 spiro atoms. The molecule has 2 N–H and O–H groups in total. The smallest absolute Gasteiger partial charge is 0.319 e. The highest BCUT2D eigenvalue weighted by Crippen LogP contribution is 2.34. The second-order valence-corrected chi connectivity index (χ2v) is 7.37. The van der Waals surface area contributed by atoms with E-state index < -0.39 is 0 Å². The molecule has 3 nitrogen and oxygen atoms in total. The van der Waals surface area contributed by atoms with Gasteiger partial charge in [-0.15, -0.1) is 0 Å². The van der Waals surface area contributed by atoms with E-state index in [0.717, 1.165) is 37.8 Å². The second kappa shape index (κ2) is 7.30. The van der Waals surface area contributed by atoms with E-state index in [9.17, 15) is 4.79 Å². The molecule has 2 amide bonds. The Balaban J connectivity index is 1.36. The molecule has 4 rings (SSSR count). The number of hydrogen-bond acceptors (Lipinski definition) is 1. The molecular weight excluding hydrogens is 308 g/mol. The van der Waals surface area contributed by atoms with Crippen molar-refractivity contribution in [2.75, 3.05) is 5.32 Å². The van der Waals surface area contributed by atoms with Crippen LogP contribution in [0, 0.1) is 0 Å². The third kappa shape index (κ3) is 3.71. The molecule has 2 aliphatic carbocycles. The number of amides is 2. The number of rotatable bonds is 3. The molecule has 2 aromatic rings. The van der Waals surface area contributed by atoms with Crippen molar-refractivity contribution in [1.29, 1.82) is 0 Å². The summed E-state index contributed by atoms with van der Waals surface area (Å²) in [6.45, 7) is 0. The highest BCUT2D eigenvalue weighted by molar-refractivity contribution is 5.90. The Morgan fingerprint density at radius 3 is 2.64 bits per heavy atom. The van der Waals surface area contributed by atoms with Crippen LogP contribution in [0.2, 0.25) is 0 Å². The molecule has 0 aliphatic heterocycles. The van der Waals surface area contributed by atoms with E-state index in [4.69, 9.17) is 0 Å². The molecule has 0 saturated heterocycles. The number of urea groups is 1. The van der Waals surface area contributed by atoms with Crippen molar-refractivity contribution >= 4 is 11.7 Å². The zero-order chi connectivity index (χ0) is 17.1. The molecule has 3 heteroatoms. The van der Waals surface area contributed by atoms with Crippen molar-refractivity contribution in [3.63, 3.8) is 0 Å². The summed E-state index contributed by atoms with van der Waals surface area (Å²) >= 11 is 0. The average Bonchev–Trinajstić information content (AvgIpc) is 3.11. The lowest BCUT2D eigenvalue weighted by molar-refractivity contribution is 0.248. The number of benzene rings is 2. The molecule has 0 bridgehead atoms. The van der Waals surface area contributed by atoms with Gasteiger partial charge < -0.3 is 10.6 Å². The van der Waals surface area contributed by atoms with E-state index in [1.54, 1.807) is 0 Å². The molecule has 1 saturated carbocycles. The molecule has 2 aromatic carbocycles. The minimum Gasteiger partial charge on any atom is -0.335 e. The summed E-state index contributed by atoms with van der Waals surface area (Å²) in [4.78, 5) is 12.5. The van der Waals surface area contributed by atoms with Crippen molar-refractivity contribution in [3.05, 3.63) is 65.2 Å². The van der Waals surface area contributed by atoms with Gasteiger partial charge in [-0.25, -0.2) is 4.79 Å². The number of nitrogens with one attached hydrogen (secondary N) is 2. The van der Waals surface area contributed by atoms with E-state index in [1.165, 1.54) is 29.5 Å². The van der Waals surface area contributed by atoms with E-state index in [-0.39, 0.29) is 12.1 Å². The lowest BCUT2D eigenvalue weighted by Crippen LogP contribution is -2.36. The minimum absolute atomic E-state index is 0.0577. The van der Waals surface area contributed by atoms with Gasteiger partial charge in [0.15, 0.2) is 0 Å². The first-order chi connectivity index (χ1) is 12.3. The largest absolute Gasteiger partial charge is 0.335 e. The average molecular weight is 334 g/mol. The first-order valence-electron chi connectivity index (χ1n) is 9.53. The van der Waals surface area contributed by atoms with Crippen molar-refractivity contribution in [2.24, 2.45) is 0 Å². The van der Waals surface area contributed by atoms with Gasteiger partial charge >= 0.3 is 6.03 Å². The van der Waals surface area contributed by atoms with Gasteiger partial charge in [-0.3, -0.25) is 0 Å². The van der Waals surface area contributed by atoms with E-state index in [2.05, 4.69) is 53.1 Å². The van der Waals surface area contributed by atoms with Crippen LogP contribution in [0.15, 0.2) is 48.5 Å². The quantitative estimate of drug-likeness (QED) is 0.813. The Hall–Kier alpha value is -2.29. The van der Waals surface area contributed by atoms with Crippen LogP contribution in [-0.2, 0) is 12.8 Å². The molecule has 1 fully saturated rings. The van der Waals surface area contributed by atoms with Crippen LogP contribution in [0.5, 0.6) is 0 Å². The highest BCUT2D eigenvalue weighted by Gasteiger charge is 2.27. The summed E-state index contributed by atoms with van der Waals surface area (Å²) in [7, 11) is 0. The number of anilines is 1. The highest BCUT2D eigenvalue weighted by atomic mass is 16.2. The minimum atomic E-state index is -0.0577. The van der Waals surface area contributed by atoms with Gasteiger partial charge in [0.25, 0.3) is 0 Å². The van der Waals surface area contributed by atoms with Crippen LogP contribution in [0.3, 0.4) is 0 Å². The van der Waals surface area contributed by atoms with Gasteiger partial charge in [-0.05, 0) is 73.6 Å². The number of carbonyl (C=O) groups excluding carboxylic acids is 1. The van der Waals surface area contributed by atoms with E-state index >= 15 is 0 Å². The summed E-state index contributed by atoms with van der Waals surface area (Å²) in [5.41, 5.74) is 5.11. The van der Waals surface area contributed by atoms with Crippen molar-refractivity contribution in [3.8, 4) is 0 Å². The number of aryl methyl sites for hydroxylation is 1. The maximum atomic E-state index is 12.5. The predicted molar refractivity (Wildman–Crippen MR) is 102 cm³/mol. The monoisotopic (exact) mass is 334 g/mol. The van der Waals surface area contributed by atoms with E-state index in [0.29, 0.717) is 5.92 Å². The predicted octanol–water partition coefficient (Wildman–Crippen LogP) is 5.02. The Morgan fingerprint density at radius 1 is 0.920 bits per heavy atom. The van der Waals surface area contributed by atoms with Crippen LogP contribution in [0.4, 0.5) is 10.5 Å².